The molecule has 0 amide bonds. The third-order valence-corrected chi connectivity index (χ3v) is 4.15. The van der Waals surface area contributed by atoms with E-state index in [0.29, 0.717) is 6.04 Å². The smallest absolute Gasteiger partial charge is 0.0406 e. The molecule has 1 aliphatic rings. The summed E-state index contributed by atoms with van der Waals surface area (Å²) in [4.78, 5) is 2.61. The maximum atomic E-state index is 5.96. The first-order valence-electron chi connectivity index (χ1n) is 7.47. The summed E-state index contributed by atoms with van der Waals surface area (Å²) in [6, 6.07) is 9.55. The normalized spacial score (nSPS) is 16.8. The van der Waals surface area contributed by atoms with Gasteiger partial charge in [-0.25, -0.2) is 0 Å². The van der Waals surface area contributed by atoms with Crippen LogP contribution in [0.15, 0.2) is 24.3 Å². The van der Waals surface area contributed by atoms with Gasteiger partial charge < -0.3 is 10.2 Å². The van der Waals surface area contributed by atoms with Crippen molar-refractivity contribution in [3.05, 3.63) is 34.9 Å². The van der Waals surface area contributed by atoms with E-state index in [-0.39, 0.29) is 0 Å². The molecule has 0 aromatic heterocycles. The van der Waals surface area contributed by atoms with Crippen molar-refractivity contribution >= 4 is 11.6 Å². The Morgan fingerprint density at radius 1 is 1.26 bits per heavy atom. The molecule has 1 aromatic carbocycles. The second kappa shape index (κ2) is 7.28. The van der Waals surface area contributed by atoms with E-state index in [1.165, 1.54) is 37.9 Å². The lowest BCUT2D eigenvalue weighted by Crippen LogP contribution is -2.31. The van der Waals surface area contributed by atoms with Gasteiger partial charge in [0, 0.05) is 23.7 Å². The van der Waals surface area contributed by atoms with E-state index in [1.807, 2.05) is 12.1 Å². The van der Waals surface area contributed by atoms with E-state index in [0.717, 1.165) is 17.6 Å². The fourth-order valence-electron chi connectivity index (χ4n) is 2.66. The summed E-state index contributed by atoms with van der Waals surface area (Å²) in [5.74, 6) is 0. The number of halogens is 1. The highest BCUT2D eigenvalue weighted by atomic mass is 35.5. The second-order valence-electron chi connectivity index (χ2n) is 5.31. The molecule has 1 saturated carbocycles. The van der Waals surface area contributed by atoms with Gasteiger partial charge in [0.25, 0.3) is 0 Å². The Balaban J connectivity index is 1.93. The molecular weight excluding hydrogens is 256 g/mol. The van der Waals surface area contributed by atoms with E-state index in [2.05, 4.69) is 36.2 Å². The third kappa shape index (κ3) is 4.48. The van der Waals surface area contributed by atoms with Crippen LogP contribution in [0.2, 0.25) is 5.02 Å². The van der Waals surface area contributed by atoms with Gasteiger partial charge in [-0.1, -0.05) is 37.6 Å². The van der Waals surface area contributed by atoms with Gasteiger partial charge in [-0.2, -0.15) is 0 Å². The monoisotopic (exact) mass is 280 g/mol. The Bertz CT molecular complexity index is 373. The van der Waals surface area contributed by atoms with Crippen molar-refractivity contribution < 1.29 is 0 Å². The number of nitrogens with one attached hydrogen (secondary N) is 1. The zero-order valence-electron chi connectivity index (χ0n) is 12.0. The average Bonchev–Trinajstić information content (AvgIpc) is 3.24. The van der Waals surface area contributed by atoms with Gasteiger partial charge in [-0.15, -0.1) is 0 Å². The van der Waals surface area contributed by atoms with Crippen molar-refractivity contribution in [1.29, 1.82) is 0 Å². The summed E-state index contributed by atoms with van der Waals surface area (Å²) in [5, 5.41) is 4.40. The van der Waals surface area contributed by atoms with Gasteiger partial charge in [0.15, 0.2) is 0 Å². The molecule has 106 valence electrons. The lowest BCUT2D eigenvalue weighted by Gasteiger charge is -2.24. The molecule has 2 nitrogen and oxygen atoms in total. The molecule has 0 aliphatic heterocycles. The molecule has 19 heavy (non-hydrogen) atoms. The largest absolute Gasteiger partial charge is 0.310 e. The highest BCUT2D eigenvalue weighted by molar-refractivity contribution is 6.30. The Labute approximate surface area is 122 Å². The van der Waals surface area contributed by atoms with Crippen LogP contribution in [0.25, 0.3) is 0 Å². The van der Waals surface area contributed by atoms with Crippen molar-refractivity contribution in [2.24, 2.45) is 0 Å². The highest BCUT2D eigenvalue weighted by Crippen LogP contribution is 2.28. The molecule has 1 unspecified atom stereocenters. The van der Waals surface area contributed by atoms with E-state index >= 15 is 0 Å². The number of nitrogens with zero attached hydrogens (tertiary/aromatic N) is 1. The van der Waals surface area contributed by atoms with Crippen LogP contribution in [0, 0.1) is 0 Å². The zero-order valence-corrected chi connectivity index (χ0v) is 12.8. The van der Waals surface area contributed by atoms with Gasteiger partial charge in [-0.3, -0.25) is 0 Å². The van der Waals surface area contributed by atoms with Gasteiger partial charge >= 0.3 is 0 Å². The fraction of sp³-hybridized carbons (Fsp3) is 0.625. The summed E-state index contributed by atoms with van der Waals surface area (Å²) in [6.07, 6.45) is 3.95. The molecule has 0 bridgehead atoms. The van der Waals surface area contributed by atoms with Crippen molar-refractivity contribution in [1.82, 2.24) is 10.2 Å². The summed E-state index contributed by atoms with van der Waals surface area (Å²) >= 11 is 5.96. The van der Waals surface area contributed by atoms with Crippen LogP contribution in [0.4, 0.5) is 0 Å². The molecule has 0 heterocycles. The fourth-order valence-corrected chi connectivity index (χ4v) is 2.79. The van der Waals surface area contributed by atoms with Gasteiger partial charge in [0.05, 0.1) is 0 Å². The lowest BCUT2D eigenvalue weighted by molar-refractivity contribution is 0.260. The first-order chi connectivity index (χ1) is 9.24. The van der Waals surface area contributed by atoms with Crippen molar-refractivity contribution in [3.63, 3.8) is 0 Å². The van der Waals surface area contributed by atoms with E-state index in [9.17, 15) is 0 Å². The Kier molecular flexibility index (Phi) is 5.68. The minimum Gasteiger partial charge on any atom is -0.310 e. The molecule has 0 radical (unpaired) electrons. The summed E-state index contributed by atoms with van der Waals surface area (Å²) in [5.41, 5.74) is 1.35. The Hall–Kier alpha value is -0.570. The molecule has 1 aliphatic carbocycles. The topological polar surface area (TPSA) is 15.3 Å². The van der Waals surface area contributed by atoms with E-state index < -0.39 is 0 Å². The van der Waals surface area contributed by atoms with Gasteiger partial charge in [0.2, 0.25) is 0 Å². The SMILES string of the molecule is CCNC(CCN(CC)C1CC1)c1ccc(Cl)cc1. The molecule has 0 spiro atoms. The minimum atomic E-state index is 0.440. The minimum absolute atomic E-state index is 0.440. The van der Waals surface area contributed by atoms with Crippen LogP contribution < -0.4 is 5.32 Å². The van der Waals surface area contributed by atoms with Crippen LogP contribution in [-0.2, 0) is 0 Å². The maximum Gasteiger partial charge on any atom is 0.0406 e. The highest BCUT2D eigenvalue weighted by Gasteiger charge is 2.27. The van der Waals surface area contributed by atoms with Crippen LogP contribution >= 0.6 is 11.6 Å². The van der Waals surface area contributed by atoms with E-state index in [1.54, 1.807) is 0 Å². The standard InChI is InChI=1S/C16H25ClN2/c1-3-18-16(13-5-7-14(17)8-6-13)11-12-19(4-2)15-9-10-15/h5-8,15-16,18H,3-4,9-12H2,1-2H3. The summed E-state index contributed by atoms with van der Waals surface area (Å²) < 4.78 is 0. The average molecular weight is 281 g/mol. The number of benzene rings is 1. The molecule has 1 aromatic rings. The van der Waals surface area contributed by atoms with Gasteiger partial charge in [-0.05, 0) is 50.0 Å². The second-order valence-corrected chi connectivity index (χ2v) is 5.75. The third-order valence-electron chi connectivity index (χ3n) is 3.90. The number of hydrogen-bond acceptors (Lipinski definition) is 2. The molecule has 1 N–H and O–H groups in total. The number of rotatable bonds is 8. The maximum absolute atomic E-state index is 5.96. The first-order valence-corrected chi connectivity index (χ1v) is 7.85. The molecule has 3 heteroatoms. The van der Waals surface area contributed by atoms with Crippen LogP contribution in [-0.4, -0.2) is 30.6 Å². The molecule has 1 fully saturated rings. The molecule has 1 atom stereocenters. The van der Waals surface area contributed by atoms with Crippen LogP contribution in [0.1, 0.15) is 44.7 Å². The first kappa shape index (κ1) is 14.8. The lowest BCUT2D eigenvalue weighted by atomic mass is 10.0. The zero-order chi connectivity index (χ0) is 13.7. The van der Waals surface area contributed by atoms with Crippen molar-refractivity contribution in [3.8, 4) is 0 Å². The van der Waals surface area contributed by atoms with Crippen molar-refractivity contribution in [2.45, 2.75) is 45.2 Å². The predicted molar refractivity (Wildman–Crippen MR) is 82.8 cm³/mol. The van der Waals surface area contributed by atoms with E-state index in [4.69, 9.17) is 11.6 Å². The van der Waals surface area contributed by atoms with Crippen molar-refractivity contribution in [2.75, 3.05) is 19.6 Å². The number of hydrogen-bond donors (Lipinski definition) is 1. The Morgan fingerprint density at radius 3 is 2.47 bits per heavy atom. The molecular formula is C16H25ClN2. The summed E-state index contributed by atoms with van der Waals surface area (Å²) in [6.45, 7) is 7.79. The van der Waals surface area contributed by atoms with Gasteiger partial charge in [0.1, 0.15) is 0 Å². The summed E-state index contributed by atoms with van der Waals surface area (Å²) in [7, 11) is 0. The quantitative estimate of drug-likeness (QED) is 0.778. The predicted octanol–water partition coefficient (Wildman–Crippen LogP) is 3.87. The molecule has 2 rings (SSSR count). The van der Waals surface area contributed by atoms with Crippen LogP contribution in [0.3, 0.4) is 0 Å². The van der Waals surface area contributed by atoms with Crippen LogP contribution in [0.5, 0.6) is 0 Å². The molecule has 0 saturated heterocycles. The Morgan fingerprint density at radius 2 is 1.95 bits per heavy atom.